The van der Waals surface area contributed by atoms with E-state index < -0.39 is 0 Å². The minimum atomic E-state index is -0.371. The third kappa shape index (κ3) is 3.33. The summed E-state index contributed by atoms with van der Waals surface area (Å²) in [6.07, 6.45) is 5.20. The summed E-state index contributed by atoms with van der Waals surface area (Å²) in [5.74, 6) is -0.534. The maximum absolute atomic E-state index is 14.9. The van der Waals surface area contributed by atoms with Gasteiger partial charge < -0.3 is 10.0 Å². The number of phenols is 1. The molecule has 1 aliphatic heterocycles. The highest BCUT2D eigenvalue weighted by Gasteiger charge is 2.40. The first-order chi connectivity index (χ1) is 13.5. The summed E-state index contributed by atoms with van der Waals surface area (Å²) in [4.78, 5) is 26.6. The molecule has 4 rings (SSSR count). The van der Waals surface area contributed by atoms with Crippen molar-refractivity contribution in [1.82, 2.24) is 4.37 Å². The van der Waals surface area contributed by atoms with Gasteiger partial charge in [0.25, 0.3) is 5.56 Å². The number of aromatic nitrogens is 1. The van der Waals surface area contributed by atoms with Crippen LogP contribution < -0.4 is 10.5 Å². The molecule has 1 aromatic heterocycles. The predicted octanol–water partition coefficient (Wildman–Crippen LogP) is 4.54. The van der Waals surface area contributed by atoms with Crippen LogP contribution in [0, 0.1) is 0 Å². The molecule has 144 valence electrons. The van der Waals surface area contributed by atoms with E-state index in [0.717, 1.165) is 24.4 Å². The molecule has 5 nitrogen and oxygen atoms in total. The van der Waals surface area contributed by atoms with Crippen molar-refractivity contribution in [3.05, 3.63) is 76.0 Å². The molecule has 7 heteroatoms. The molecule has 0 spiro atoms. The third-order valence-corrected chi connectivity index (χ3v) is 5.73. The molecule has 2 aromatic rings. The third-order valence-electron chi connectivity index (χ3n) is 4.85. The Morgan fingerprint density at radius 1 is 1.32 bits per heavy atom. The molecule has 0 radical (unpaired) electrons. The molecule has 1 saturated carbocycles. The zero-order chi connectivity index (χ0) is 19.8. The zero-order valence-corrected chi connectivity index (χ0v) is 15.9. The van der Waals surface area contributed by atoms with E-state index in [2.05, 4.69) is 11.0 Å². The quantitative estimate of drug-likeness (QED) is 0.726. The Morgan fingerprint density at radius 2 is 2.04 bits per heavy atom. The normalized spacial score (nSPS) is 18.8. The van der Waals surface area contributed by atoms with E-state index in [0.29, 0.717) is 21.8 Å². The van der Waals surface area contributed by atoms with E-state index in [1.54, 1.807) is 18.2 Å². The Balaban J connectivity index is 1.84. The number of H-pyrrole nitrogens is 1. The van der Waals surface area contributed by atoms with Crippen LogP contribution in [-0.4, -0.2) is 21.3 Å². The number of hydrogen-bond donors (Lipinski definition) is 2. The number of aromatic hydroxyl groups is 1. The lowest BCUT2D eigenvalue weighted by molar-refractivity contribution is 0.0988. The Labute approximate surface area is 165 Å². The highest BCUT2D eigenvalue weighted by molar-refractivity contribution is 7.10. The van der Waals surface area contributed by atoms with Gasteiger partial charge in [0.2, 0.25) is 0 Å². The molecule has 0 saturated heterocycles. The van der Waals surface area contributed by atoms with Crippen LogP contribution in [0.4, 0.5) is 9.39 Å². The Morgan fingerprint density at radius 3 is 2.68 bits per heavy atom. The first kappa shape index (κ1) is 18.4. The van der Waals surface area contributed by atoms with Crippen molar-refractivity contribution in [3.63, 3.8) is 0 Å². The van der Waals surface area contributed by atoms with Crippen molar-refractivity contribution in [2.75, 3.05) is 4.90 Å². The van der Waals surface area contributed by atoms with Gasteiger partial charge in [0.1, 0.15) is 22.1 Å². The van der Waals surface area contributed by atoms with Crippen molar-refractivity contribution >= 4 is 27.9 Å². The number of phenolic OH excluding ortho intramolecular Hbond substituents is 1. The highest BCUT2D eigenvalue weighted by Crippen LogP contribution is 2.43. The zero-order valence-electron chi connectivity index (χ0n) is 15.1. The van der Waals surface area contributed by atoms with Crippen LogP contribution in [0.2, 0.25) is 0 Å². The Hall–Kier alpha value is -2.93. The van der Waals surface area contributed by atoms with Gasteiger partial charge in [-0.05, 0) is 48.1 Å². The molecule has 1 fully saturated rings. The van der Waals surface area contributed by atoms with Crippen LogP contribution in [-0.2, 0) is 0 Å². The van der Waals surface area contributed by atoms with Crippen LogP contribution >= 0.6 is 11.5 Å². The summed E-state index contributed by atoms with van der Waals surface area (Å²) in [7, 11) is 0. The average molecular weight is 398 g/mol. The fourth-order valence-corrected chi connectivity index (χ4v) is 4.36. The monoisotopic (exact) mass is 398 g/mol. The number of nitrogens with one attached hydrogen (secondary N) is 1. The van der Waals surface area contributed by atoms with E-state index >= 15 is 0 Å². The smallest absolute Gasteiger partial charge is 0.271 e. The van der Waals surface area contributed by atoms with Crippen molar-refractivity contribution in [1.29, 1.82) is 0 Å². The fourth-order valence-electron chi connectivity index (χ4n) is 3.39. The second-order valence-electron chi connectivity index (χ2n) is 6.91. The number of halogens is 1. The summed E-state index contributed by atoms with van der Waals surface area (Å²) < 4.78 is 17.5. The number of allylic oxidation sites excluding steroid dienone is 5. The van der Waals surface area contributed by atoms with Gasteiger partial charge in [-0.2, -0.15) is 0 Å². The maximum Gasteiger partial charge on any atom is 0.271 e. The highest BCUT2D eigenvalue weighted by atomic mass is 32.1. The minimum absolute atomic E-state index is 0.0479. The van der Waals surface area contributed by atoms with Crippen molar-refractivity contribution in [3.8, 4) is 5.75 Å². The summed E-state index contributed by atoms with van der Waals surface area (Å²) in [6.45, 7) is 3.60. The summed E-state index contributed by atoms with van der Waals surface area (Å²) >= 11 is 1.15. The lowest BCUT2D eigenvalue weighted by Gasteiger charge is -2.30. The molecule has 2 aliphatic rings. The second-order valence-corrected chi connectivity index (χ2v) is 7.70. The van der Waals surface area contributed by atoms with Gasteiger partial charge in [-0.15, -0.1) is 6.58 Å². The molecule has 2 N–H and O–H groups in total. The standard InChI is InChI=1S/C21H19FN2O3S/c1-2-3-17(22)16(12-4-8-15(25)9-5-12)10-14-11-18(26)19-20(27)23-28-21(19)24(14)13-6-7-13/h2,4-5,8-10,13,25H,1,3,6-7,11H2,(H,23,27)/b14-10+,17-16-. The van der Waals surface area contributed by atoms with E-state index in [4.69, 9.17) is 0 Å². The fraction of sp³-hybridized carbons (Fsp3) is 0.238. The largest absolute Gasteiger partial charge is 0.508 e. The van der Waals surface area contributed by atoms with E-state index in [-0.39, 0.29) is 47.4 Å². The van der Waals surface area contributed by atoms with Crippen molar-refractivity contribution < 1.29 is 14.3 Å². The van der Waals surface area contributed by atoms with E-state index in [1.807, 2.05) is 4.90 Å². The number of nitrogens with zero attached hydrogens (tertiary/aromatic N) is 1. The molecular weight excluding hydrogens is 379 g/mol. The molecule has 28 heavy (non-hydrogen) atoms. The van der Waals surface area contributed by atoms with Gasteiger partial charge in [-0.25, -0.2) is 4.39 Å². The number of fused-ring (bicyclic) bond motifs is 1. The van der Waals surface area contributed by atoms with Crippen LogP contribution in [0.3, 0.4) is 0 Å². The average Bonchev–Trinajstić information content (AvgIpc) is 3.42. The van der Waals surface area contributed by atoms with Gasteiger partial charge in [0, 0.05) is 23.7 Å². The Kier molecular flexibility index (Phi) is 4.77. The molecular formula is C21H19FN2O3S. The topological polar surface area (TPSA) is 73.4 Å². The van der Waals surface area contributed by atoms with Crippen molar-refractivity contribution in [2.24, 2.45) is 0 Å². The van der Waals surface area contributed by atoms with E-state index in [1.165, 1.54) is 18.2 Å². The number of ketones is 1. The molecule has 0 unspecified atom stereocenters. The van der Waals surface area contributed by atoms with E-state index in [9.17, 15) is 19.1 Å². The van der Waals surface area contributed by atoms with Crippen LogP contribution in [0.1, 0.15) is 41.6 Å². The van der Waals surface area contributed by atoms with Gasteiger partial charge in [0.05, 0.1) is 6.42 Å². The summed E-state index contributed by atoms with van der Waals surface area (Å²) in [6, 6.07) is 6.48. The lowest BCUT2D eigenvalue weighted by atomic mass is 9.97. The first-order valence-electron chi connectivity index (χ1n) is 9.03. The van der Waals surface area contributed by atoms with Gasteiger partial charge in [-0.1, -0.05) is 18.2 Å². The molecule has 0 atom stereocenters. The van der Waals surface area contributed by atoms with Crippen LogP contribution in [0.5, 0.6) is 5.75 Å². The number of Topliss-reactive ketones (excluding diaryl/α,β-unsaturated/α-hetero) is 1. The number of benzene rings is 1. The molecule has 1 aliphatic carbocycles. The van der Waals surface area contributed by atoms with Gasteiger partial charge in [0.15, 0.2) is 5.78 Å². The number of aromatic amines is 1. The summed E-state index contributed by atoms with van der Waals surface area (Å²) in [5.41, 5.74) is 1.47. The summed E-state index contributed by atoms with van der Waals surface area (Å²) in [5, 5.41) is 10.2. The maximum atomic E-state index is 14.9. The van der Waals surface area contributed by atoms with Crippen molar-refractivity contribution in [2.45, 2.75) is 31.7 Å². The lowest BCUT2D eigenvalue weighted by Crippen LogP contribution is -2.33. The number of anilines is 1. The second kappa shape index (κ2) is 7.24. The van der Waals surface area contributed by atoms with Gasteiger partial charge >= 0.3 is 0 Å². The number of carbonyl (C=O) groups is 1. The number of carbonyl (C=O) groups excluding carboxylic acids is 1. The Bertz CT molecular complexity index is 1060. The van der Waals surface area contributed by atoms with Gasteiger partial charge in [-0.3, -0.25) is 14.0 Å². The SMILES string of the molecule is C=CC/C(F)=C(\C=C1/CC(=O)c2c(s[nH]c2=O)N1C1CC1)c1ccc(O)cc1. The van der Waals surface area contributed by atoms with Crippen LogP contribution in [0.25, 0.3) is 5.57 Å². The predicted molar refractivity (Wildman–Crippen MR) is 108 cm³/mol. The molecule has 0 amide bonds. The number of rotatable bonds is 5. The molecule has 2 heterocycles. The minimum Gasteiger partial charge on any atom is -0.508 e. The number of hydrogen-bond acceptors (Lipinski definition) is 5. The molecule has 0 bridgehead atoms. The van der Waals surface area contributed by atoms with Crippen LogP contribution in [0.15, 0.2) is 59.3 Å². The molecule has 1 aromatic carbocycles. The first-order valence-corrected chi connectivity index (χ1v) is 9.84.